The Kier molecular flexibility index (Phi) is 5.06. The second kappa shape index (κ2) is 6.67. The van der Waals surface area contributed by atoms with E-state index in [0.29, 0.717) is 6.42 Å². The van der Waals surface area contributed by atoms with Gasteiger partial charge in [0.25, 0.3) is 0 Å². The van der Waals surface area contributed by atoms with Crippen LogP contribution in [0.2, 0.25) is 0 Å². The largest absolute Gasteiger partial charge is 0.481 e. The van der Waals surface area contributed by atoms with Crippen molar-refractivity contribution in [3.63, 3.8) is 0 Å². The maximum absolute atomic E-state index is 12.9. The topological polar surface area (TPSA) is 101 Å². The number of rotatable bonds is 4. The van der Waals surface area contributed by atoms with Gasteiger partial charge in [-0.1, -0.05) is 19.1 Å². The summed E-state index contributed by atoms with van der Waals surface area (Å²) in [6.07, 6.45) is 0.431. The molecule has 0 bridgehead atoms. The maximum atomic E-state index is 12.9. The zero-order chi connectivity index (χ0) is 17.2. The Labute approximate surface area is 134 Å². The van der Waals surface area contributed by atoms with E-state index in [1.807, 2.05) is 6.92 Å². The van der Waals surface area contributed by atoms with Crippen LogP contribution in [0.4, 0.5) is 0 Å². The van der Waals surface area contributed by atoms with Gasteiger partial charge in [-0.05, 0) is 24.5 Å². The van der Waals surface area contributed by atoms with Crippen molar-refractivity contribution in [3.05, 3.63) is 29.8 Å². The molecule has 2 unspecified atom stereocenters. The fraction of sp³-hybridized carbons (Fsp3) is 0.467. The van der Waals surface area contributed by atoms with Crippen molar-refractivity contribution in [1.82, 2.24) is 4.31 Å². The van der Waals surface area contributed by atoms with E-state index in [4.69, 9.17) is 0 Å². The first-order valence-corrected chi connectivity index (χ1v) is 8.61. The molecular formula is C15H19NO6S. The van der Waals surface area contributed by atoms with Crippen LogP contribution in [0, 0.1) is 11.8 Å². The van der Waals surface area contributed by atoms with E-state index >= 15 is 0 Å². The summed E-state index contributed by atoms with van der Waals surface area (Å²) in [7, 11) is -2.80. The van der Waals surface area contributed by atoms with E-state index in [1.165, 1.54) is 25.3 Å². The molecule has 0 radical (unpaired) electrons. The normalized spacial score (nSPS) is 22.5. The van der Waals surface area contributed by atoms with Gasteiger partial charge >= 0.3 is 11.9 Å². The van der Waals surface area contributed by atoms with E-state index < -0.39 is 27.9 Å². The number of piperidine rings is 1. The highest BCUT2D eigenvalue weighted by Gasteiger charge is 2.37. The molecule has 1 heterocycles. The minimum Gasteiger partial charge on any atom is -0.481 e. The molecule has 1 aromatic rings. The second-order valence-corrected chi connectivity index (χ2v) is 7.59. The third-order valence-corrected chi connectivity index (χ3v) is 5.78. The zero-order valence-corrected chi connectivity index (χ0v) is 13.7. The fourth-order valence-electron chi connectivity index (χ4n) is 2.79. The van der Waals surface area contributed by atoms with Crippen LogP contribution in [-0.4, -0.2) is 50.0 Å². The van der Waals surface area contributed by atoms with Gasteiger partial charge in [0.1, 0.15) is 0 Å². The van der Waals surface area contributed by atoms with Gasteiger partial charge in [0, 0.05) is 13.1 Å². The molecule has 126 valence electrons. The van der Waals surface area contributed by atoms with Gasteiger partial charge in [-0.25, -0.2) is 13.2 Å². The summed E-state index contributed by atoms with van der Waals surface area (Å²) in [4.78, 5) is 22.9. The molecule has 8 heteroatoms. The number of carbonyl (C=O) groups is 2. The van der Waals surface area contributed by atoms with Crippen LogP contribution in [0.1, 0.15) is 23.7 Å². The Hall–Kier alpha value is -1.93. The number of sulfonamides is 1. The van der Waals surface area contributed by atoms with Crippen LogP contribution >= 0.6 is 0 Å². The smallest absolute Gasteiger partial charge is 0.339 e. The summed E-state index contributed by atoms with van der Waals surface area (Å²) >= 11 is 0. The average molecular weight is 341 g/mol. The third kappa shape index (κ3) is 3.53. The minimum atomic E-state index is -3.98. The maximum Gasteiger partial charge on any atom is 0.339 e. The number of ether oxygens (including phenoxy) is 1. The summed E-state index contributed by atoms with van der Waals surface area (Å²) in [6, 6.07) is 5.77. The van der Waals surface area contributed by atoms with Crippen molar-refractivity contribution >= 4 is 22.0 Å². The molecule has 1 saturated heterocycles. The lowest BCUT2D eigenvalue weighted by Crippen LogP contribution is -2.45. The first-order chi connectivity index (χ1) is 10.8. The Morgan fingerprint density at radius 3 is 2.52 bits per heavy atom. The van der Waals surface area contributed by atoms with Crippen LogP contribution in [0.3, 0.4) is 0 Å². The van der Waals surface area contributed by atoms with Crippen LogP contribution in [0.25, 0.3) is 0 Å². The summed E-state index contributed by atoms with van der Waals surface area (Å²) in [6.45, 7) is 1.93. The molecule has 2 rings (SSSR count). The van der Waals surface area contributed by atoms with Gasteiger partial charge in [0.2, 0.25) is 10.0 Å². The van der Waals surface area contributed by atoms with Gasteiger partial charge in [-0.2, -0.15) is 4.31 Å². The van der Waals surface area contributed by atoms with Crippen LogP contribution in [0.5, 0.6) is 0 Å². The summed E-state index contributed by atoms with van der Waals surface area (Å²) < 4.78 is 31.5. The summed E-state index contributed by atoms with van der Waals surface area (Å²) in [5.74, 6) is -2.59. The van der Waals surface area contributed by atoms with Crippen LogP contribution in [0.15, 0.2) is 29.2 Å². The molecule has 1 N–H and O–H groups in total. The number of carboxylic acids is 1. The number of carboxylic acid groups (broad SMARTS) is 1. The lowest BCUT2D eigenvalue weighted by Gasteiger charge is -2.34. The molecule has 0 saturated carbocycles. The zero-order valence-electron chi connectivity index (χ0n) is 12.9. The average Bonchev–Trinajstić information content (AvgIpc) is 2.53. The monoisotopic (exact) mass is 341 g/mol. The number of aliphatic carboxylic acids is 1. The van der Waals surface area contributed by atoms with E-state index in [1.54, 1.807) is 6.07 Å². The first kappa shape index (κ1) is 17.4. The van der Waals surface area contributed by atoms with Crippen molar-refractivity contribution in [2.45, 2.75) is 18.2 Å². The lowest BCUT2D eigenvalue weighted by molar-refractivity contribution is -0.143. The van der Waals surface area contributed by atoms with Crippen LogP contribution < -0.4 is 0 Å². The number of carbonyl (C=O) groups excluding carboxylic acids is 1. The quantitative estimate of drug-likeness (QED) is 0.826. The molecular weight excluding hydrogens is 322 g/mol. The Morgan fingerprint density at radius 2 is 1.91 bits per heavy atom. The van der Waals surface area contributed by atoms with E-state index in [0.717, 1.165) is 4.31 Å². The molecule has 1 aliphatic rings. The highest BCUT2D eigenvalue weighted by Crippen LogP contribution is 2.28. The van der Waals surface area contributed by atoms with E-state index in [-0.39, 0.29) is 29.5 Å². The third-order valence-electron chi connectivity index (χ3n) is 3.89. The Balaban J connectivity index is 2.42. The van der Waals surface area contributed by atoms with Gasteiger partial charge in [0.15, 0.2) is 0 Å². The number of hydrogen-bond donors (Lipinski definition) is 1. The molecule has 0 amide bonds. The predicted molar refractivity (Wildman–Crippen MR) is 81.4 cm³/mol. The van der Waals surface area contributed by atoms with Gasteiger partial charge in [0.05, 0.1) is 23.5 Å². The molecule has 0 aromatic heterocycles. The number of hydrogen-bond acceptors (Lipinski definition) is 5. The van der Waals surface area contributed by atoms with Crippen molar-refractivity contribution in [1.29, 1.82) is 0 Å². The predicted octanol–water partition coefficient (Wildman–Crippen LogP) is 1.20. The molecule has 0 spiro atoms. The lowest BCUT2D eigenvalue weighted by atomic mass is 9.92. The number of benzene rings is 1. The van der Waals surface area contributed by atoms with Gasteiger partial charge in [-0.15, -0.1) is 0 Å². The number of esters is 1. The van der Waals surface area contributed by atoms with Crippen molar-refractivity contribution in [2.24, 2.45) is 11.8 Å². The van der Waals surface area contributed by atoms with Gasteiger partial charge in [-0.3, -0.25) is 4.79 Å². The Bertz CT molecular complexity index is 714. The Morgan fingerprint density at radius 1 is 1.26 bits per heavy atom. The van der Waals surface area contributed by atoms with Crippen molar-refractivity contribution in [2.75, 3.05) is 20.2 Å². The summed E-state index contributed by atoms with van der Waals surface area (Å²) in [5, 5.41) is 9.20. The molecule has 7 nitrogen and oxygen atoms in total. The summed E-state index contributed by atoms with van der Waals surface area (Å²) in [5.41, 5.74) is -0.0555. The molecule has 1 aromatic carbocycles. The highest BCUT2D eigenvalue weighted by molar-refractivity contribution is 7.89. The van der Waals surface area contributed by atoms with E-state index in [9.17, 15) is 23.1 Å². The minimum absolute atomic E-state index is 0.0555. The van der Waals surface area contributed by atoms with Crippen molar-refractivity contribution < 1.29 is 27.9 Å². The standard InChI is InChI=1S/C15H19NO6S/c1-10-7-11(14(17)18)9-16(8-10)23(20,21)13-6-4-3-5-12(13)15(19)22-2/h3-6,10-11H,7-9H2,1-2H3,(H,17,18). The first-order valence-electron chi connectivity index (χ1n) is 7.17. The molecule has 23 heavy (non-hydrogen) atoms. The second-order valence-electron chi connectivity index (χ2n) is 5.69. The molecule has 2 atom stereocenters. The van der Waals surface area contributed by atoms with Crippen molar-refractivity contribution in [3.8, 4) is 0 Å². The SMILES string of the molecule is COC(=O)c1ccccc1S(=O)(=O)N1CC(C)CC(C(=O)O)C1. The van der Waals surface area contributed by atoms with Crippen LogP contribution in [-0.2, 0) is 19.6 Å². The molecule has 0 aliphatic carbocycles. The highest BCUT2D eigenvalue weighted by atomic mass is 32.2. The molecule has 1 aliphatic heterocycles. The fourth-order valence-corrected chi connectivity index (χ4v) is 4.57. The van der Waals surface area contributed by atoms with Gasteiger partial charge < -0.3 is 9.84 Å². The number of nitrogens with zero attached hydrogens (tertiary/aromatic N) is 1. The number of methoxy groups -OCH3 is 1. The molecule has 1 fully saturated rings. The van der Waals surface area contributed by atoms with E-state index in [2.05, 4.69) is 4.74 Å².